The van der Waals surface area contributed by atoms with Crippen LogP contribution < -0.4 is 14.4 Å². The van der Waals surface area contributed by atoms with Crippen molar-refractivity contribution in [3.05, 3.63) is 88.5 Å². The molecule has 0 radical (unpaired) electrons. The number of aliphatic hydroxyl groups is 1. The van der Waals surface area contributed by atoms with Crippen LogP contribution in [0.1, 0.15) is 24.1 Å². The summed E-state index contributed by atoms with van der Waals surface area (Å²) in [5.41, 5.74) is 0.0400. The molecule has 1 atom stereocenters. The lowest BCUT2D eigenvalue weighted by molar-refractivity contribution is -0.274. The Bertz CT molecular complexity index is 1390. The van der Waals surface area contributed by atoms with Gasteiger partial charge in [-0.05, 0) is 55.0 Å². The molecule has 0 aliphatic carbocycles. The van der Waals surface area contributed by atoms with Gasteiger partial charge in [0.1, 0.15) is 23.0 Å². The maximum absolute atomic E-state index is 13.2. The number of hydrogen-bond acceptors (Lipinski definition) is 6. The van der Waals surface area contributed by atoms with Crippen LogP contribution >= 0.6 is 11.6 Å². The minimum absolute atomic E-state index is 0.0768. The SMILES string of the molecule is CCOc1cc(/C(O)=C2\C(=O)C(=O)N(c3cccc(OC(F)(F)F)c3)C2c2ccc(O)cc2)ccc1Cl. The predicted octanol–water partition coefficient (Wildman–Crippen LogP) is 5.97. The minimum atomic E-state index is -4.98. The molecule has 37 heavy (non-hydrogen) atoms. The number of aliphatic hydroxyl groups excluding tert-OH is 1. The molecule has 4 rings (SSSR count). The molecule has 7 nitrogen and oxygen atoms in total. The molecule has 1 aliphatic heterocycles. The topological polar surface area (TPSA) is 96.3 Å². The number of phenolic OH excluding ortho intramolecular Hbond substituents is 1. The largest absolute Gasteiger partial charge is 0.573 e. The molecular formula is C26H19ClF3NO6. The van der Waals surface area contributed by atoms with Crippen LogP contribution in [0.15, 0.2) is 72.3 Å². The highest BCUT2D eigenvalue weighted by molar-refractivity contribution is 6.51. The fourth-order valence-corrected chi connectivity index (χ4v) is 4.15. The summed E-state index contributed by atoms with van der Waals surface area (Å²) in [6.07, 6.45) is -4.98. The number of anilines is 1. The molecule has 0 bridgehead atoms. The average Bonchev–Trinajstić information content (AvgIpc) is 3.10. The first kappa shape index (κ1) is 25.9. The number of ether oxygens (including phenoxy) is 2. The second-order valence-corrected chi connectivity index (χ2v) is 8.29. The Morgan fingerprint density at radius 3 is 2.41 bits per heavy atom. The van der Waals surface area contributed by atoms with E-state index in [1.54, 1.807) is 6.92 Å². The van der Waals surface area contributed by atoms with E-state index in [2.05, 4.69) is 4.74 Å². The summed E-state index contributed by atoms with van der Waals surface area (Å²) in [6, 6.07) is 13.1. The number of rotatable bonds is 6. The zero-order chi connectivity index (χ0) is 26.9. The predicted molar refractivity (Wildman–Crippen MR) is 129 cm³/mol. The molecule has 1 aliphatic rings. The second kappa shape index (κ2) is 10.1. The lowest BCUT2D eigenvalue weighted by Crippen LogP contribution is -2.29. The molecule has 3 aromatic carbocycles. The van der Waals surface area contributed by atoms with Crippen LogP contribution in [0.2, 0.25) is 5.02 Å². The number of amides is 1. The van der Waals surface area contributed by atoms with Crippen molar-refractivity contribution >= 4 is 34.7 Å². The van der Waals surface area contributed by atoms with E-state index in [9.17, 15) is 33.0 Å². The van der Waals surface area contributed by atoms with Gasteiger partial charge in [0, 0.05) is 17.3 Å². The number of Topliss-reactive ketones (excluding diaryl/α,β-unsaturated/α-hetero) is 1. The Hall–Kier alpha value is -4.18. The van der Waals surface area contributed by atoms with Gasteiger partial charge >= 0.3 is 6.36 Å². The van der Waals surface area contributed by atoms with Gasteiger partial charge in [-0.2, -0.15) is 0 Å². The molecular weight excluding hydrogens is 515 g/mol. The van der Waals surface area contributed by atoms with Gasteiger partial charge in [0.15, 0.2) is 0 Å². The molecule has 1 unspecified atom stereocenters. The first-order valence-electron chi connectivity index (χ1n) is 10.9. The lowest BCUT2D eigenvalue weighted by atomic mass is 9.95. The minimum Gasteiger partial charge on any atom is -0.508 e. The molecule has 0 spiro atoms. The quantitative estimate of drug-likeness (QED) is 0.230. The Morgan fingerprint density at radius 1 is 1.05 bits per heavy atom. The summed E-state index contributed by atoms with van der Waals surface area (Å²) in [5, 5.41) is 21.2. The number of carbonyl (C=O) groups excluding carboxylic acids is 2. The second-order valence-electron chi connectivity index (χ2n) is 7.88. The van der Waals surface area contributed by atoms with Crippen molar-refractivity contribution in [2.24, 2.45) is 0 Å². The summed E-state index contributed by atoms with van der Waals surface area (Å²) in [5.74, 6) is -3.15. The number of phenols is 1. The molecule has 1 heterocycles. The monoisotopic (exact) mass is 533 g/mol. The van der Waals surface area contributed by atoms with E-state index in [-0.39, 0.29) is 40.0 Å². The fraction of sp³-hybridized carbons (Fsp3) is 0.154. The number of ketones is 1. The van der Waals surface area contributed by atoms with Crippen molar-refractivity contribution in [3.8, 4) is 17.2 Å². The highest BCUT2D eigenvalue weighted by Gasteiger charge is 2.47. The molecule has 1 amide bonds. The van der Waals surface area contributed by atoms with Gasteiger partial charge in [-0.15, -0.1) is 13.2 Å². The molecule has 1 fully saturated rings. The Balaban J connectivity index is 1.90. The van der Waals surface area contributed by atoms with Crippen LogP contribution in [0.5, 0.6) is 17.2 Å². The highest BCUT2D eigenvalue weighted by Crippen LogP contribution is 2.44. The number of carbonyl (C=O) groups is 2. The van der Waals surface area contributed by atoms with E-state index in [1.807, 2.05) is 0 Å². The Kier molecular flexibility index (Phi) is 7.04. The summed E-state index contributed by atoms with van der Waals surface area (Å²) in [4.78, 5) is 27.4. The third-order valence-corrected chi connectivity index (χ3v) is 5.80. The number of halogens is 4. The van der Waals surface area contributed by atoms with Gasteiger partial charge in [0.25, 0.3) is 11.7 Å². The van der Waals surface area contributed by atoms with Crippen LogP contribution in [0.4, 0.5) is 18.9 Å². The third-order valence-electron chi connectivity index (χ3n) is 5.49. The zero-order valence-electron chi connectivity index (χ0n) is 19.1. The van der Waals surface area contributed by atoms with Gasteiger partial charge < -0.3 is 19.7 Å². The average molecular weight is 534 g/mol. The Labute approximate surface area is 213 Å². The Morgan fingerprint density at radius 2 is 1.76 bits per heavy atom. The number of nitrogens with zero attached hydrogens (tertiary/aromatic N) is 1. The standard InChI is InChI=1S/C26H19ClF3NO6/c1-2-36-20-12-15(8-11-19(20)27)23(33)21-22(14-6-9-17(32)10-7-14)31(25(35)24(21)34)16-4-3-5-18(13-16)37-26(28,29)30/h3-13,22,32-33H,2H2,1H3/b23-21+. The van der Waals surface area contributed by atoms with Crippen LogP contribution in [-0.2, 0) is 9.59 Å². The summed E-state index contributed by atoms with van der Waals surface area (Å²) < 4.78 is 47.8. The van der Waals surface area contributed by atoms with E-state index < -0.39 is 35.6 Å². The van der Waals surface area contributed by atoms with Crippen molar-refractivity contribution in [3.63, 3.8) is 0 Å². The molecule has 0 saturated carbocycles. The molecule has 11 heteroatoms. The summed E-state index contributed by atoms with van der Waals surface area (Å²) in [6.45, 7) is 2.01. The van der Waals surface area contributed by atoms with Crippen molar-refractivity contribution in [1.29, 1.82) is 0 Å². The van der Waals surface area contributed by atoms with E-state index in [0.717, 1.165) is 17.0 Å². The van der Waals surface area contributed by atoms with Crippen molar-refractivity contribution in [2.45, 2.75) is 19.3 Å². The smallest absolute Gasteiger partial charge is 0.508 e. The number of hydrogen-bond donors (Lipinski definition) is 2. The molecule has 3 aromatic rings. The van der Waals surface area contributed by atoms with Gasteiger partial charge in [0.05, 0.1) is 23.2 Å². The van der Waals surface area contributed by atoms with E-state index in [0.29, 0.717) is 5.56 Å². The van der Waals surface area contributed by atoms with Crippen LogP contribution in [0, 0.1) is 0 Å². The van der Waals surface area contributed by atoms with Gasteiger partial charge in [-0.1, -0.05) is 29.8 Å². The normalized spacial score (nSPS) is 17.2. The zero-order valence-corrected chi connectivity index (χ0v) is 19.9. The maximum Gasteiger partial charge on any atom is 0.573 e. The van der Waals surface area contributed by atoms with Crippen LogP contribution in [-0.4, -0.2) is 34.9 Å². The van der Waals surface area contributed by atoms with Gasteiger partial charge in [-0.25, -0.2) is 0 Å². The van der Waals surface area contributed by atoms with E-state index in [4.69, 9.17) is 16.3 Å². The number of benzene rings is 3. The first-order chi connectivity index (χ1) is 17.5. The molecule has 2 N–H and O–H groups in total. The molecule has 1 saturated heterocycles. The number of alkyl halides is 3. The van der Waals surface area contributed by atoms with E-state index >= 15 is 0 Å². The maximum atomic E-state index is 13.2. The van der Waals surface area contributed by atoms with Crippen molar-refractivity contribution in [1.82, 2.24) is 0 Å². The first-order valence-corrected chi connectivity index (χ1v) is 11.3. The highest BCUT2D eigenvalue weighted by atomic mass is 35.5. The van der Waals surface area contributed by atoms with Crippen LogP contribution in [0.25, 0.3) is 5.76 Å². The number of aromatic hydroxyl groups is 1. The van der Waals surface area contributed by atoms with Gasteiger partial charge in [0.2, 0.25) is 0 Å². The van der Waals surface area contributed by atoms with Gasteiger partial charge in [-0.3, -0.25) is 14.5 Å². The molecule has 192 valence electrons. The van der Waals surface area contributed by atoms with E-state index in [1.165, 1.54) is 54.6 Å². The summed E-state index contributed by atoms with van der Waals surface area (Å²) >= 11 is 6.13. The fourth-order valence-electron chi connectivity index (χ4n) is 3.97. The lowest BCUT2D eigenvalue weighted by Gasteiger charge is -2.26. The third kappa shape index (κ3) is 5.34. The van der Waals surface area contributed by atoms with Crippen LogP contribution in [0.3, 0.4) is 0 Å². The summed E-state index contributed by atoms with van der Waals surface area (Å²) in [7, 11) is 0. The van der Waals surface area contributed by atoms with Crippen molar-refractivity contribution < 1.29 is 42.4 Å². The van der Waals surface area contributed by atoms with Crippen molar-refractivity contribution in [2.75, 3.05) is 11.5 Å². The molecule has 0 aromatic heterocycles.